The number of aliphatic hydroxyl groups excluding tert-OH is 1. The first-order valence-corrected chi connectivity index (χ1v) is 12.3. The molecule has 1 aliphatic carbocycles. The molecule has 1 saturated carbocycles. The second-order valence-electron chi connectivity index (χ2n) is 10.2. The van der Waals surface area contributed by atoms with E-state index < -0.39 is 34.3 Å². The molecule has 37 heavy (non-hydrogen) atoms. The molecule has 2 heterocycles. The number of hydrogen-bond acceptors (Lipinski definition) is 8. The molecule has 0 unspecified atom stereocenters. The Morgan fingerprint density at radius 3 is 2.51 bits per heavy atom. The maximum absolute atomic E-state index is 13.0. The molecule has 0 radical (unpaired) electrons. The number of aliphatic hydroxyl groups is 2. The minimum atomic E-state index is -4.62. The van der Waals surface area contributed by atoms with Gasteiger partial charge in [-0.2, -0.15) is 13.2 Å². The Kier molecular flexibility index (Phi) is 6.80. The number of hydrogen-bond donors (Lipinski definition) is 4. The van der Waals surface area contributed by atoms with Gasteiger partial charge in [0, 0.05) is 18.1 Å². The van der Waals surface area contributed by atoms with E-state index in [1.54, 1.807) is 31.3 Å². The number of nitrogens with zero attached hydrogens (tertiary/aromatic N) is 3. The van der Waals surface area contributed by atoms with Crippen molar-refractivity contribution in [2.45, 2.75) is 58.4 Å². The zero-order valence-electron chi connectivity index (χ0n) is 20.4. The largest absolute Gasteiger partial charge is 0.481 e. The summed E-state index contributed by atoms with van der Waals surface area (Å²) in [5.74, 6) is -1.15. The summed E-state index contributed by atoms with van der Waals surface area (Å²) in [6.45, 7) is 5.05. The number of nitrogens with one attached hydrogen (secondary N) is 1. The molecule has 4 N–H and O–H groups in total. The van der Waals surface area contributed by atoms with Gasteiger partial charge in [-0.3, -0.25) is 4.79 Å². The Morgan fingerprint density at radius 1 is 1.16 bits per heavy atom. The smallest absolute Gasteiger partial charge is 0.433 e. The SMILES string of the molecule is CC1(C)C[C@@](O)(c2ncc(-c3cc(CO)cc(Nc4nccc(C(F)(F)F)n4)c3)s2)CC[C@]1(C)C(=O)O. The molecule has 8 nitrogen and oxygen atoms in total. The standard InChI is InChI=1S/C25H27F3N4O4S/c1-22(2)13-24(36,6-5-23(22,3)20(34)35)19-30-11-17(37-19)15-8-14(12-33)9-16(10-15)31-21-29-7-4-18(32-21)25(26,27)28/h4,7-11,33,36H,5-6,12-13H2,1-3H3,(H,34,35)(H,29,31,32)/t23-,24-/m1/s1. The topological polar surface area (TPSA) is 128 Å². The molecule has 4 rings (SSSR count). The number of alkyl halides is 3. The third kappa shape index (κ3) is 5.18. The summed E-state index contributed by atoms with van der Waals surface area (Å²) in [5.41, 5.74) is -2.58. The number of aliphatic carboxylic acids is 1. The van der Waals surface area contributed by atoms with Crippen molar-refractivity contribution in [3.63, 3.8) is 0 Å². The average molecular weight is 537 g/mol. The predicted molar refractivity (Wildman–Crippen MR) is 131 cm³/mol. The predicted octanol–water partition coefficient (Wildman–Crippen LogP) is 5.34. The van der Waals surface area contributed by atoms with Crippen molar-refractivity contribution < 1.29 is 33.3 Å². The van der Waals surface area contributed by atoms with Crippen LogP contribution < -0.4 is 5.32 Å². The second kappa shape index (κ2) is 9.34. The lowest BCUT2D eigenvalue weighted by Gasteiger charge is -2.50. The monoisotopic (exact) mass is 536 g/mol. The number of carbonyl (C=O) groups is 1. The zero-order valence-corrected chi connectivity index (χ0v) is 21.2. The Labute approximate surface area is 215 Å². The molecule has 0 bridgehead atoms. The van der Waals surface area contributed by atoms with E-state index in [1.807, 2.05) is 13.8 Å². The van der Waals surface area contributed by atoms with Crippen LogP contribution in [0, 0.1) is 10.8 Å². The molecular formula is C25H27F3N4O4S. The first kappa shape index (κ1) is 27.0. The summed E-state index contributed by atoms with van der Waals surface area (Å²) in [5, 5.41) is 34.2. The summed E-state index contributed by atoms with van der Waals surface area (Å²) in [6, 6.07) is 5.72. The minimum Gasteiger partial charge on any atom is -0.481 e. The Hall–Kier alpha value is -3.09. The van der Waals surface area contributed by atoms with Gasteiger partial charge in [0.25, 0.3) is 0 Å². The van der Waals surface area contributed by atoms with Crippen molar-refractivity contribution >= 4 is 28.9 Å². The molecule has 12 heteroatoms. The molecule has 1 aliphatic rings. The van der Waals surface area contributed by atoms with E-state index >= 15 is 0 Å². The molecule has 3 aromatic rings. The fourth-order valence-corrected chi connectivity index (χ4v) is 5.73. The lowest BCUT2D eigenvalue weighted by atomic mass is 9.55. The van der Waals surface area contributed by atoms with Crippen molar-refractivity contribution in [3.05, 3.63) is 52.9 Å². The van der Waals surface area contributed by atoms with E-state index in [-0.39, 0.29) is 31.8 Å². The summed E-state index contributed by atoms with van der Waals surface area (Å²) in [6.07, 6.45) is -1.30. The van der Waals surface area contributed by atoms with E-state index in [0.717, 1.165) is 12.3 Å². The van der Waals surface area contributed by atoms with Gasteiger partial charge in [-0.1, -0.05) is 13.8 Å². The van der Waals surface area contributed by atoms with E-state index in [9.17, 15) is 33.3 Å². The second-order valence-corrected chi connectivity index (χ2v) is 11.3. The van der Waals surface area contributed by atoms with E-state index in [4.69, 9.17) is 0 Å². The van der Waals surface area contributed by atoms with E-state index in [1.165, 1.54) is 11.3 Å². The first-order valence-electron chi connectivity index (χ1n) is 11.5. The van der Waals surface area contributed by atoms with Crippen LogP contribution in [0.4, 0.5) is 24.8 Å². The average Bonchev–Trinajstić information content (AvgIpc) is 3.32. The van der Waals surface area contributed by atoms with Crippen LogP contribution in [0.15, 0.2) is 36.7 Å². The number of aromatic nitrogens is 3. The highest BCUT2D eigenvalue weighted by atomic mass is 32.1. The Morgan fingerprint density at radius 2 is 1.89 bits per heavy atom. The fourth-order valence-electron chi connectivity index (χ4n) is 4.72. The molecular weight excluding hydrogens is 509 g/mol. The maximum Gasteiger partial charge on any atom is 0.433 e. The quantitative estimate of drug-likeness (QED) is 0.332. The fraction of sp³-hybridized carbons (Fsp3) is 0.440. The number of benzene rings is 1. The molecule has 0 aliphatic heterocycles. The third-order valence-corrected chi connectivity index (χ3v) is 8.54. The van der Waals surface area contributed by atoms with Gasteiger partial charge in [0.1, 0.15) is 16.3 Å². The highest BCUT2D eigenvalue weighted by molar-refractivity contribution is 7.15. The molecule has 0 amide bonds. The van der Waals surface area contributed by atoms with Crippen molar-refractivity contribution in [1.82, 2.24) is 15.0 Å². The molecule has 2 atom stereocenters. The summed E-state index contributed by atoms with van der Waals surface area (Å²) >= 11 is 1.24. The van der Waals surface area contributed by atoms with E-state index in [2.05, 4.69) is 20.3 Å². The van der Waals surface area contributed by atoms with Crippen LogP contribution in [-0.2, 0) is 23.2 Å². The Bertz CT molecular complexity index is 1330. The highest BCUT2D eigenvalue weighted by Crippen LogP contribution is 2.57. The lowest BCUT2D eigenvalue weighted by Crippen LogP contribution is -2.51. The van der Waals surface area contributed by atoms with Crippen LogP contribution in [0.1, 0.15) is 56.3 Å². The van der Waals surface area contributed by atoms with Crippen molar-refractivity contribution in [2.24, 2.45) is 10.8 Å². The van der Waals surface area contributed by atoms with E-state index in [0.29, 0.717) is 26.7 Å². The van der Waals surface area contributed by atoms with Crippen LogP contribution in [0.25, 0.3) is 10.4 Å². The van der Waals surface area contributed by atoms with Crippen LogP contribution in [-0.4, -0.2) is 36.2 Å². The van der Waals surface area contributed by atoms with Gasteiger partial charge in [-0.05, 0) is 67.0 Å². The van der Waals surface area contributed by atoms with Gasteiger partial charge >= 0.3 is 12.1 Å². The number of thiazole rings is 1. The minimum absolute atomic E-state index is 0.214. The number of anilines is 2. The van der Waals surface area contributed by atoms with Gasteiger partial charge in [0.2, 0.25) is 5.95 Å². The van der Waals surface area contributed by atoms with Crippen molar-refractivity contribution in [1.29, 1.82) is 0 Å². The normalized spacial score (nSPS) is 23.6. The Balaban J connectivity index is 1.63. The number of halogens is 3. The third-order valence-electron chi connectivity index (χ3n) is 7.30. The van der Waals surface area contributed by atoms with Crippen LogP contribution >= 0.6 is 11.3 Å². The first-order chi connectivity index (χ1) is 17.2. The van der Waals surface area contributed by atoms with Crippen LogP contribution in [0.2, 0.25) is 0 Å². The van der Waals surface area contributed by atoms with Crippen molar-refractivity contribution in [2.75, 3.05) is 5.32 Å². The van der Waals surface area contributed by atoms with Gasteiger partial charge in [-0.15, -0.1) is 11.3 Å². The summed E-state index contributed by atoms with van der Waals surface area (Å²) in [7, 11) is 0. The number of carboxylic acid groups (broad SMARTS) is 1. The number of rotatable bonds is 6. The highest BCUT2D eigenvalue weighted by Gasteiger charge is 2.56. The van der Waals surface area contributed by atoms with Gasteiger partial charge < -0.3 is 20.6 Å². The summed E-state index contributed by atoms with van der Waals surface area (Å²) < 4.78 is 39.1. The molecule has 1 aromatic carbocycles. The number of carboxylic acids is 1. The molecule has 198 valence electrons. The molecule has 0 saturated heterocycles. The van der Waals surface area contributed by atoms with Gasteiger partial charge in [-0.25, -0.2) is 15.0 Å². The molecule has 2 aromatic heterocycles. The zero-order chi connectivity index (χ0) is 27.2. The van der Waals surface area contributed by atoms with Gasteiger partial charge in [0.05, 0.1) is 16.9 Å². The maximum atomic E-state index is 13.0. The van der Waals surface area contributed by atoms with Gasteiger partial charge in [0.15, 0.2) is 0 Å². The lowest BCUT2D eigenvalue weighted by molar-refractivity contribution is -0.170. The summed E-state index contributed by atoms with van der Waals surface area (Å²) in [4.78, 5) is 24.4. The molecule has 1 fully saturated rings. The molecule has 0 spiro atoms. The van der Waals surface area contributed by atoms with Crippen LogP contribution in [0.3, 0.4) is 0 Å². The van der Waals surface area contributed by atoms with Crippen LogP contribution in [0.5, 0.6) is 0 Å². The van der Waals surface area contributed by atoms with Crippen molar-refractivity contribution in [3.8, 4) is 10.4 Å².